The Balaban J connectivity index is 0.00000200. The topological polar surface area (TPSA) is 44.4 Å². The van der Waals surface area contributed by atoms with Gasteiger partial charge in [0, 0.05) is 31.4 Å². The van der Waals surface area contributed by atoms with Gasteiger partial charge >= 0.3 is 0 Å². The molecule has 1 aromatic carbocycles. The van der Waals surface area contributed by atoms with Crippen molar-refractivity contribution in [2.45, 2.75) is 26.8 Å². The Bertz CT molecular complexity index is 464. The van der Waals surface area contributed by atoms with E-state index in [0.717, 1.165) is 30.9 Å². The molecule has 2 N–H and O–H groups in total. The number of hydrogen-bond acceptors (Lipinski definition) is 3. The minimum atomic E-state index is 0. The first-order valence-corrected chi connectivity index (χ1v) is 6.88. The highest BCUT2D eigenvalue weighted by molar-refractivity contribution is 5.93. The molecule has 4 nitrogen and oxygen atoms in total. The number of aryl methyl sites for hydroxylation is 1. The zero-order chi connectivity index (χ0) is 13.8. The number of amides is 1. The van der Waals surface area contributed by atoms with Gasteiger partial charge in [0.05, 0.1) is 6.54 Å². The molecule has 5 heteroatoms. The van der Waals surface area contributed by atoms with Crippen molar-refractivity contribution in [2.75, 3.05) is 31.5 Å². The normalized spacial score (nSPS) is 19.2. The molecule has 1 amide bonds. The quantitative estimate of drug-likeness (QED) is 0.896. The lowest BCUT2D eigenvalue weighted by Gasteiger charge is -2.31. The van der Waals surface area contributed by atoms with E-state index in [0.29, 0.717) is 12.6 Å². The van der Waals surface area contributed by atoms with E-state index in [1.165, 1.54) is 5.56 Å². The lowest BCUT2D eigenvalue weighted by Crippen LogP contribution is -2.51. The van der Waals surface area contributed by atoms with E-state index >= 15 is 0 Å². The van der Waals surface area contributed by atoms with Crippen molar-refractivity contribution in [3.63, 3.8) is 0 Å². The Labute approximate surface area is 127 Å². The molecule has 2 rings (SSSR count). The SMILES string of the molecule is Cc1cccc(NC(=O)CN2CCNC(C)C2)c1C.Cl. The Morgan fingerprint density at radius 3 is 2.90 bits per heavy atom. The summed E-state index contributed by atoms with van der Waals surface area (Å²) in [6.07, 6.45) is 0. The van der Waals surface area contributed by atoms with E-state index in [1.54, 1.807) is 0 Å². The van der Waals surface area contributed by atoms with Crippen LogP contribution in [0.3, 0.4) is 0 Å². The summed E-state index contributed by atoms with van der Waals surface area (Å²) >= 11 is 0. The van der Waals surface area contributed by atoms with Crippen LogP contribution in [-0.4, -0.2) is 43.0 Å². The van der Waals surface area contributed by atoms with Gasteiger partial charge in [-0.15, -0.1) is 12.4 Å². The molecule has 0 radical (unpaired) electrons. The number of benzene rings is 1. The second kappa shape index (κ2) is 7.62. The van der Waals surface area contributed by atoms with Crippen molar-refractivity contribution in [1.29, 1.82) is 0 Å². The molecular weight excluding hydrogens is 274 g/mol. The third-order valence-electron chi connectivity index (χ3n) is 3.70. The molecule has 1 unspecified atom stereocenters. The first kappa shape index (κ1) is 17.0. The van der Waals surface area contributed by atoms with E-state index < -0.39 is 0 Å². The van der Waals surface area contributed by atoms with Gasteiger partial charge in [-0.05, 0) is 38.0 Å². The predicted octanol–water partition coefficient (Wildman–Crippen LogP) is 1.96. The van der Waals surface area contributed by atoms with Gasteiger partial charge in [-0.2, -0.15) is 0 Å². The maximum atomic E-state index is 12.1. The second-order valence-electron chi connectivity index (χ2n) is 5.39. The summed E-state index contributed by atoms with van der Waals surface area (Å²) in [4.78, 5) is 14.3. The van der Waals surface area contributed by atoms with Crippen LogP contribution in [0.5, 0.6) is 0 Å². The summed E-state index contributed by atoms with van der Waals surface area (Å²) in [5.41, 5.74) is 3.27. The fraction of sp³-hybridized carbons (Fsp3) is 0.533. The van der Waals surface area contributed by atoms with Crippen LogP contribution >= 0.6 is 12.4 Å². The third-order valence-corrected chi connectivity index (χ3v) is 3.70. The monoisotopic (exact) mass is 297 g/mol. The third kappa shape index (κ3) is 4.47. The maximum Gasteiger partial charge on any atom is 0.238 e. The second-order valence-corrected chi connectivity index (χ2v) is 5.39. The zero-order valence-corrected chi connectivity index (χ0v) is 13.2. The van der Waals surface area contributed by atoms with Crippen molar-refractivity contribution >= 4 is 24.0 Å². The van der Waals surface area contributed by atoms with Gasteiger partial charge < -0.3 is 10.6 Å². The number of halogens is 1. The number of carbonyl (C=O) groups excluding carboxylic acids is 1. The van der Waals surface area contributed by atoms with Crippen molar-refractivity contribution in [1.82, 2.24) is 10.2 Å². The smallest absolute Gasteiger partial charge is 0.238 e. The number of rotatable bonds is 3. The predicted molar refractivity (Wildman–Crippen MR) is 85.7 cm³/mol. The molecule has 1 heterocycles. The van der Waals surface area contributed by atoms with E-state index in [4.69, 9.17) is 0 Å². The van der Waals surface area contributed by atoms with Gasteiger partial charge in [-0.3, -0.25) is 9.69 Å². The highest BCUT2D eigenvalue weighted by Gasteiger charge is 2.18. The molecule has 1 aromatic rings. The van der Waals surface area contributed by atoms with Gasteiger partial charge in [0.25, 0.3) is 0 Å². The molecule has 20 heavy (non-hydrogen) atoms. The number of anilines is 1. The molecule has 0 bridgehead atoms. The Morgan fingerprint density at radius 2 is 2.20 bits per heavy atom. The molecule has 1 aliphatic rings. The Kier molecular flexibility index (Phi) is 6.46. The minimum absolute atomic E-state index is 0. The fourth-order valence-corrected chi connectivity index (χ4v) is 2.44. The number of piperazine rings is 1. The summed E-state index contributed by atoms with van der Waals surface area (Å²) in [6.45, 7) is 9.54. The average Bonchev–Trinajstić information content (AvgIpc) is 2.35. The largest absolute Gasteiger partial charge is 0.325 e. The molecule has 0 saturated carbocycles. The number of nitrogens with one attached hydrogen (secondary N) is 2. The van der Waals surface area contributed by atoms with E-state index in [2.05, 4.69) is 35.4 Å². The van der Waals surface area contributed by atoms with Crippen molar-refractivity contribution in [3.05, 3.63) is 29.3 Å². The molecule has 0 aromatic heterocycles. The summed E-state index contributed by atoms with van der Waals surface area (Å²) in [7, 11) is 0. The van der Waals surface area contributed by atoms with Gasteiger partial charge in [0.15, 0.2) is 0 Å². The lowest BCUT2D eigenvalue weighted by atomic mass is 10.1. The Hall–Kier alpha value is -1.10. The van der Waals surface area contributed by atoms with Crippen LogP contribution in [0.25, 0.3) is 0 Å². The van der Waals surface area contributed by atoms with Gasteiger partial charge in [0.1, 0.15) is 0 Å². The first-order chi connectivity index (χ1) is 9.06. The molecule has 0 aliphatic carbocycles. The van der Waals surface area contributed by atoms with E-state index in [1.807, 2.05) is 19.1 Å². The number of nitrogens with zero attached hydrogens (tertiary/aromatic N) is 1. The highest BCUT2D eigenvalue weighted by atomic mass is 35.5. The van der Waals surface area contributed by atoms with E-state index in [9.17, 15) is 4.79 Å². The van der Waals surface area contributed by atoms with Crippen LogP contribution < -0.4 is 10.6 Å². The molecular formula is C15H24ClN3O. The van der Waals surface area contributed by atoms with Crippen molar-refractivity contribution in [3.8, 4) is 0 Å². The standard InChI is InChI=1S/C15H23N3O.ClH/c1-11-5-4-6-14(13(11)3)17-15(19)10-18-8-7-16-12(2)9-18;/h4-6,12,16H,7-10H2,1-3H3,(H,17,19);1H. The van der Waals surface area contributed by atoms with Gasteiger partial charge in [-0.1, -0.05) is 12.1 Å². The van der Waals surface area contributed by atoms with Crippen LogP contribution in [0.2, 0.25) is 0 Å². The van der Waals surface area contributed by atoms with Crippen LogP contribution in [0.1, 0.15) is 18.1 Å². The van der Waals surface area contributed by atoms with Gasteiger partial charge in [-0.25, -0.2) is 0 Å². The molecule has 1 saturated heterocycles. The Morgan fingerprint density at radius 1 is 1.45 bits per heavy atom. The van der Waals surface area contributed by atoms with Crippen LogP contribution in [0, 0.1) is 13.8 Å². The zero-order valence-electron chi connectivity index (χ0n) is 12.4. The maximum absolute atomic E-state index is 12.1. The minimum Gasteiger partial charge on any atom is -0.325 e. The lowest BCUT2D eigenvalue weighted by molar-refractivity contribution is -0.117. The van der Waals surface area contributed by atoms with Crippen molar-refractivity contribution < 1.29 is 4.79 Å². The number of hydrogen-bond donors (Lipinski definition) is 2. The average molecular weight is 298 g/mol. The number of carbonyl (C=O) groups is 1. The summed E-state index contributed by atoms with van der Waals surface area (Å²) in [5, 5.41) is 6.39. The molecule has 112 valence electrons. The summed E-state index contributed by atoms with van der Waals surface area (Å²) < 4.78 is 0. The molecule has 1 atom stereocenters. The van der Waals surface area contributed by atoms with Crippen LogP contribution in [-0.2, 0) is 4.79 Å². The van der Waals surface area contributed by atoms with Crippen LogP contribution in [0.15, 0.2) is 18.2 Å². The molecule has 1 aliphatic heterocycles. The highest BCUT2D eigenvalue weighted by Crippen LogP contribution is 2.17. The first-order valence-electron chi connectivity index (χ1n) is 6.88. The summed E-state index contributed by atoms with van der Waals surface area (Å²) in [5.74, 6) is 0.0720. The molecule has 1 fully saturated rings. The molecule has 0 spiro atoms. The van der Waals surface area contributed by atoms with E-state index in [-0.39, 0.29) is 18.3 Å². The summed E-state index contributed by atoms with van der Waals surface area (Å²) in [6, 6.07) is 6.45. The fourth-order valence-electron chi connectivity index (χ4n) is 2.44. The van der Waals surface area contributed by atoms with Crippen LogP contribution in [0.4, 0.5) is 5.69 Å². The van der Waals surface area contributed by atoms with Gasteiger partial charge in [0.2, 0.25) is 5.91 Å². The van der Waals surface area contributed by atoms with Crippen molar-refractivity contribution in [2.24, 2.45) is 0 Å².